The topological polar surface area (TPSA) is 74.8 Å². The van der Waals surface area contributed by atoms with E-state index < -0.39 is 0 Å². The van der Waals surface area contributed by atoms with Crippen LogP contribution in [0, 0.1) is 13.8 Å². The van der Waals surface area contributed by atoms with E-state index in [-0.39, 0.29) is 11.9 Å². The summed E-state index contributed by atoms with van der Waals surface area (Å²) in [5.41, 5.74) is 2.67. The Morgan fingerprint density at radius 3 is 2.91 bits per heavy atom. The highest BCUT2D eigenvalue weighted by molar-refractivity contribution is 5.76. The lowest BCUT2D eigenvalue weighted by Gasteiger charge is -2.23. The molecule has 3 rings (SSSR count). The number of nitrogens with one attached hydrogen (secondary N) is 1. The monoisotopic (exact) mass is 299 g/mol. The first-order valence-electron chi connectivity index (χ1n) is 7.75. The number of hydrogen-bond donors (Lipinski definition) is 1. The van der Waals surface area contributed by atoms with Gasteiger partial charge in [-0.25, -0.2) is 15.0 Å². The van der Waals surface area contributed by atoms with Crippen LogP contribution in [0.1, 0.15) is 49.4 Å². The molecule has 0 spiro atoms. The van der Waals surface area contributed by atoms with E-state index in [1.165, 1.54) is 0 Å². The van der Waals surface area contributed by atoms with Gasteiger partial charge in [-0.3, -0.25) is 4.79 Å². The van der Waals surface area contributed by atoms with E-state index in [0.29, 0.717) is 6.42 Å². The van der Waals surface area contributed by atoms with Crippen LogP contribution in [0.15, 0.2) is 12.3 Å². The fourth-order valence-corrected chi connectivity index (χ4v) is 2.94. The molecule has 22 heavy (non-hydrogen) atoms. The van der Waals surface area contributed by atoms with Crippen molar-refractivity contribution in [1.29, 1.82) is 0 Å². The van der Waals surface area contributed by atoms with E-state index >= 15 is 0 Å². The summed E-state index contributed by atoms with van der Waals surface area (Å²) >= 11 is 0. The lowest BCUT2D eigenvalue weighted by molar-refractivity contribution is -0.131. The Kier molecular flexibility index (Phi) is 3.92. The van der Waals surface area contributed by atoms with Crippen molar-refractivity contribution in [2.24, 2.45) is 0 Å². The van der Waals surface area contributed by atoms with Gasteiger partial charge in [0.2, 0.25) is 5.91 Å². The molecule has 1 atom stereocenters. The predicted octanol–water partition coefficient (Wildman–Crippen LogP) is 2.56. The van der Waals surface area contributed by atoms with Crippen molar-refractivity contribution in [2.45, 2.75) is 46.1 Å². The van der Waals surface area contributed by atoms with Crippen molar-refractivity contribution in [2.75, 3.05) is 6.54 Å². The Morgan fingerprint density at radius 1 is 1.41 bits per heavy atom. The molecule has 116 valence electrons. The first-order valence-corrected chi connectivity index (χ1v) is 7.75. The zero-order chi connectivity index (χ0) is 15.7. The molecule has 1 aliphatic heterocycles. The minimum absolute atomic E-state index is 0.0119. The molecule has 0 saturated carbocycles. The van der Waals surface area contributed by atoms with Gasteiger partial charge in [-0.1, -0.05) is 6.92 Å². The number of aryl methyl sites for hydroxylation is 2. The number of likely N-dealkylation sites (tertiary alicyclic amines) is 1. The molecule has 2 aromatic heterocycles. The van der Waals surface area contributed by atoms with Crippen molar-refractivity contribution in [3.8, 4) is 11.5 Å². The van der Waals surface area contributed by atoms with Crippen molar-refractivity contribution in [3.63, 3.8) is 0 Å². The van der Waals surface area contributed by atoms with Crippen LogP contribution in [-0.2, 0) is 4.79 Å². The summed E-state index contributed by atoms with van der Waals surface area (Å²) in [5.74, 6) is 1.64. The normalized spacial score (nSPS) is 18.0. The molecule has 0 radical (unpaired) electrons. The van der Waals surface area contributed by atoms with E-state index in [0.717, 1.165) is 48.1 Å². The Bertz CT molecular complexity index is 694. The number of rotatable bonds is 3. The van der Waals surface area contributed by atoms with Gasteiger partial charge in [0.15, 0.2) is 11.6 Å². The largest absolute Gasteiger partial charge is 0.341 e. The van der Waals surface area contributed by atoms with E-state index in [1.54, 1.807) is 6.20 Å². The lowest BCUT2D eigenvalue weighted by atomic mass is 10.2. The summed E-state index contributed by atoms with van der Waals surface area (Å²) in [6.07, 6.45) is 4.23. The molecule has 1 saturated heterocycles. The van der Waals surface area contributed by atoms with Crippen LogP contribution in [0.3, 0.4) is 0 Å². The summed E-state index contributed by atoms with van der Waals surface area (Å²) < 4.78 is 0. The van der Waals surface area contributed by atoms with Crippen LogP contribution in [0.2, 0.25) is 0 Å². The van der Waals surface area contributed by atoms with E-state index in [9.17, 15) is 4.79 Å². The smallest absolute Gasteiger partial charge is 0.222 e. The Labute approximate surface area is 130 Å². The molecule has 6 nitrogen and oxygen atoms in total. The highest BCUT2D eigenvalue weighted by atomic mass is 16.2. The van der Waals surface area contributed by atoms with Gasteiger partial charge in [0, 0.05) is 30.6 Å². The third kappa shape index (κ3) is 2.73. The van der Waals surface area contributed by atoms with Crippen LogP contribution < -0.4 is 0 Å². The second kappa shape index (κ2) is 5.87. The van der Waals surface area contributed by atoms with E-state index in [1.807, 2.05) is 31.7 Å². The SMILES string of the molecule is CCC(=O)N1CCCC1c1nc(C)cc(-c2ncc(C)[nH]2)n1. The molecule has 2 aromatic rings. The Hall–Kier alpha value is -2.24. The van der Waals surface area contributed by atoms with Crippen LogP contribution in [0.5, 0.6) is 0 Å². The number of carbonyl (C=O) groups is 1. The molecule has 6 heteroatoms. The molecule has 1 aliphatic rings. The van der Waals surface area contributed by atoms with Crippen molar-refractivity contribution < 1.29 is 4.79 Å². The lowest BCUT2D eigenvalue weighted by Crippen LogP contribution is -2.30. The molecule has 1 N–H and O–H groups in total. The number of H-pyrrole nitrogens is 1. The summed E-state index contributed by atoms with van der Waals surface area (Å²) in [7, 11) is 0. The van der Waals surface area contributed by atoms with Gasteiger partial charge in [-0.05, 0) is 32.8 Å². The maximum Gasteiger partial charge on any atom is 0.222 e. The first kappa shape index (κ1) is 14.7. The third-order valence-corrected chi connectivity index (χ3v) is 3.99. The van der Waals surface area contributed by atoms with E-state index in [4.69, 9.17) is 0 Å². The van der Waals surface area contributed by atoms with Gasteiger partial charge >= 0.3 is 0 Å². The molecule has 1 unspecified atom stereocenters. The molecule has 0 aromatic carbocycles. The van der Waals surface area contributed by atoms with Crippen molar-refractivity contribution in [1.82, 2.24) is 24.8 Å². The van der Waals surface area contributed by atoms with Gasteiger partial charge < -0.3 is 9.88 Å². The second-order valence-corrected chi connectivity index (χ2v) is 5.77. The highest BCUT2D eigenvalue weighted by Gasteiger charge is 2.31. The maximum absolute atomic E-state index is 12.1. The number of imidazole rings is 1. The minimum Gasteiger partial charge on any atom is -0.341 e. The maximum atomic E-state index is 12.1. The fraction of sp³-hybridized carbons (Fsp3) is 0.500. The number of aromatic amines is 1. The zero-order valence-corrected chi connectivity index (χ0v) is 13.3. The van der Waals surface area contributed by atoms with Crippen molar-refractivity contribution >= 4 is 5.91 Å². The molecular weight excluding hydrogens is 278 g/mol. The van der Waals surface area contributed by atoms with Crippen LogP contribution in [0.4, 0.5) is 0 Å². The number of nitrogens with zero attached hydrogens (tertiary/aromatic N) is 4. The first-order chi connectivity index (χ1) is 10.6. The minimum atomic E-state index is -0.0119. The van der Waals surface area contributed by atoms with Gasteiger partial charge in [-0.2, -0.15) is 0 Å². The molecule has 1 amide bonds. The Balaban J connectivity index is 1.97. The molecule has 1 fully saturated rings. The average Bonchev–Trinajstić information content (AvgIpc) is 3.14. The van der Waals surface area contributed by atoms with Gasteiger partial charge in [0.05, 0.1) is 6.04 Å². The zero-order valence-electron chi connectivity index (χ0n) is 13.3. The summed E-state index contributed by atoms with van der Waals surface area (Å²) in [4.78, 5) is 30.8. The number of hydrogen-bond acceptors (Lipinski definition) is 4. The van der Waals surface area contributed by atoms with Crippen LogP contribution in [0.25, 0.3) is 11.5 Å². The summed E-state index contributed by atoms with van der Waals surface area (Å²) in [6.45, 7) is 6.60. The summed E-state index contributed by atoms with van der Waals surface area (Å²) in [6, 6.07) is 1.91. The quantitative estimate of drug-likeness (QED) is 0.945. The predicted molar refractivity (Wildman–Crippen MR) is 83.1 cm³/mol. The van der Waals surface area contributed by atoms with Crippen LogP contribution in [-0.4, -0.2) is 37.3 Å². The number of aromatic nitrogens is 4. The molecular formula is C16H21N5O. The third-order valence-electron chi connectivity index (χ3n) is 3.99. The average molecular weight is 299 g/mol. The fourth-order valence-electron chi connectivity index (χ4n) is 2.94. The Morgan fingerprint density at radius 2 is 2.23 bits per heavy atom. The van der Waals surface area contributed by atoms with Crippen LogP contribution >= 0.6 is 0 Å². The number of amides is 1. The standard InChI is InChI=1S/C16H21N5O/c1-4-14(22)21-7-5-6-13(21)16-18-10(2)8-12(20-16)15-17-9-11(3)19-15/h8-9,13H,4-7H2,1-3H3,(H,17,19). The van der Waals surface area contributed by atoms with Gasteiger partial charge in [0.1, 0.15) is 5.69 Å². The van der Waals surface area contributed by atoms with Gasteiger partial charge in [0.25, 0.3) is 0 Å². The number of carbonyl (C=O) groups excluding carboxylic acids is 1. The van der Waals surface area contributed by atoms with Gasteiger partial charge in [-0.15, -0.1) is 0 Å². The molecule has 0 aliphatic carbocycles. The molecule has 3 heterocycles. The van der Waals surface area contributed by atoms with Crippen molar-refractivity contribution in [3.05, 3.63) is 29.5 Å². The second-order valence-electron chi connectivity index (χ2n) is 5.77. The summed E-state index contributed by atoms with van der Waals surface area (Å²) in [5, 5.41) is 0. The molecule has 0 bridgehead atoms. The van der Waals surface area contributed by atoms with E-state index in [2.05, 4.69) is 19.9 Å². The highest BCUT2D eigenvalue weighted by Crippen LogP contribution is 2.31.